The van der Waals surface area contributed by atoms with E-state index in [0.29, 0.717) is 12.2 Å². The molecule has 0 saturated heterocycles. The quantitative estimate of drug-likeness (QED) is 0.163. The van der Waals surface area contributed by atoms with Gasteiger partial charge in [-0.15, -0.1) is 11.8 Å². The first-order chi connectivity index (χ1) is 16.6. The molecule has 0 spiro atoms. The van der Waals surface area contributed by atoms with Crippen LogP contribution in [0.3, 0.4) is 0 Å². The summed E-state index contributed by atoms with van der Waals surface area (Å²) in [5.74, 6) is 0.105. The van der Waals surface area contributed by atoms with Crippen molar-refractivity contribution in [1.29, 1.82) is 0 Å². The summed E-state index contributed by atoms with van der Waals surface area (Å²) in [6.45, 7) is 1.81. The standard InChI is InChI=1S/C26H24F4O4S/c1-17(12-13-35-22-5-3-4-18(14-22)15-25(31)32-2)33-23-11-6-19(26(28,29)30)16-24(23)34-21-9-7-20(27)8-10-21/h3-11,14,16-17H,12-13,15H2,1-2H3/t17-/m0/s1. The molecule has 0 aliphatic heterocycles. The molecule has 0 aliphatic carbocycles. The van der Waals surface area contributed by atoms with E-state index in [4.69, 9.17) is 9.47 Å². The minimum atomic E-state index is -4.55. The number of thioether (sulfide) groups is 1. The number of carbonyl (C=O) groups is 1. The van der Waals surface area contributed by atoms with Gasteiger partial charge < -0.3 is 14.2 Å². The predicted molar refractivity (Wildman–Crippen MR) is 126 cm³/mol. The summed E-state index contributed by atoms with van der Waals surface area (Å²) in [6.07, 6.45) is -4.09. The lowest BCUT2D eigenvalue weighted by molar-refractivity contribution is -0.140. The second-order valence-electron chi connectivity index (χ2n) is 7.68. The second-order valence-corrected chi connectivity index (χ2v) is 8.85. The molecule has 0 unspecified atom stereocenters. The van der Waals surface area contributed by atoms with Crippen molar-refractivity contribution >= 4 is 17.7 Å². The third-order valence-electron chi connectivity index (χ3n) is 4.91. The van der Waals surface area contributed by atoms with Crippen LogP contribution in [0.15, 0.2) is 71.6 Å². The van der Waals surface area contributed by atoms with E-state index < -0.39 is 17.6 Å². The molecule has 0 bridgehead atoms. The molecule has 0 N–H and O–H groups in total. The molecule has 0 fully saturated rings. The lowest BCUT2D eigenvalue weighted by Gasteiger charge is -2.19. The highest BCUT2D eigenvalue weighted by Gasteiger charge is 2.31. The first-order valence-electron chi connectivity index (χ1n) is 10.7. The molecule has 3 aromatic rings. The van der Waals surface area contributed by atoms with Crippen LogP contribution in [0.5, 0.6) is 17.2 Å². The monoisotopic (exact) mass is 508 g/mol. The molecule has 4 nitrogen and oxygen atoms in total. The predicted octanol–water partition coefficient (Wildman–Crippen LogP) is 7.30. The number of hydrogen-bond acceptors (Lipinski definition) is 5. The highest BCUT2D eigenvalue weighted by atomic mass is 32.2. The summed E-state index contributed by atoms with van der Waals surface area (Å²) in [7, 11) is 1.34. The third-order valence-corrected chi connectivity index (χ3v) is 5.94. The summed E-state index contributed by atoms with van der Waals surface area (Å²) in [5.41, 5.74) is -0.0320. The number of hydrogen-bond donors (Lipinski definition) is 0. The van der Waals surface area contributed by atoms with E-state index in [9.17, 15) is 22.4 Å². The van der Waals surface area contributed by atoms with Gasteiger partial charge in [0.1, 0.15) is 11.6 Å². The maximum absolute atomic E-state index is 13.2. The first kappa shape index (κ1) is 26.4. The maximum Gasteiger partial charge on any atom is 0.416 e. The topological polar surface area (TPSA) is 44.8 Å². The first-order valence-corrected chi connectivity index (χ1v) is 11.7. The fourth-order valence-electron chi connectivity index (χ4n) is 3.09. The molecule has 0 radical (unpaired) electrons. The summed E-state index contributed by atoms with van der Waals surface area (Å²) in [6, 6.07) is 15.5. The van der Waals surface area contributed by atoms with Gasteiger partial charge in [0.2, 0.25) is 0 Å². The van der Waals surface area contributed by atoms with Crippen LogP contribution < -0.4 is 9.47 Å². The number of rotatable bonds is 10. The zero-order chi connectivity index (χ0) is 25.4. The van der Waals surface area contributed by atoms with Gasteiger partial charge in [0, 0.05) is 10.6 Å². The van der Waals surface area contributed by atoms with E-state index in [1.165, 1.54) is 25.3 Å². The molecule has 0 aliphatic rings. The van der Waals surface area contributed by atoms with E-state index >= 15 is 0 Å². The minimum Gasteiger partial charge on any atom is -0.487 e. The summed E-state index contributed by atoms with van der Waals surface area (Å²) in [4.78, 5) is 12.4. The molecule has 0 aromatic heterocycles. The lowest BCUT2D eigenvalue weighted by Crippen LogP contribution is -2.14. The van der Waals surface area contributed by atoms with Crippen molar-refractivity contribution in [3.63, 3.8) is 0 Å². The second kappa shape index (κ2) is 12.0. The van der Waals surface area contributed by atoms with Crippen molar-refractivity contribution in [3.05, 3.63) is 83.7 Å². The number of halogens is 4. The Balaban J connectivity index is 1.64. The average Bonchev–Trinajstić information content (AvgIpc) is 2.81. The van der Waals surface area contributed by atoms with E-state index in [2.05, 4.69) is 4.74 Å². The van der Waals surface area contributed by atoms with Crippen LogP contribution in [0, 0.1) is 5.82 Å². The Morgan fingerprint density at radius 1 is 1.00 bits per heavy atom. The van der Waals surface area contributed by atoms with Gasteiger partial charge in [-0.2, -0.15) is 13.2 Å². The van der Waals surface area contributed by atoms with E-state index in [0.717, 1.165) is 34.7 Å². The molecule has 0 heterocycles. The average molecular weight is 509 g/mol. The number of ether oxygens (including phenoxy) is 3. The Morgan fingerprint density at radius 2 is 1.74 bits per heavy atom. The largest absolute Gasteiger partial charge is 0.487 e. The number of carbonyl (C=O) groups excluding carboxylic acids is 1. The van der Waals surface area contributed by atoms with Gasteiger partial charge in [-0.3, -0.25) is 4.79 Å². The van der Waals surface area contributed by atoms with E-state index in [1.807, 2.05) is 31.2 Å². The van der Waals surface area contributed by atoms with Crippen LogP contribution in [0.1, 0.15) is 24.5 Å². The lowest BCUT2D eigenvalue weighted by atomic mass is 10.1. The highest BCUT2D eigenvalue weighted by molar-refractivity contribution is 7.99. The fraction of sp³-hybridized carbons (Fsp3) is 0.269. The van der Waals surface area contributed by atoms with Crippen LogP contribution in [0.25, 0.3) is 0 Å². The zero-order valence-electron chi connectivity index (χ0n) is 19.1. The van der Waals surface area contributed by atoms with Gasteiger partial charge in [0.25, 0.3) is 0 Å². The number of benzene rings is 3. The Morgan fingerprint density at radius 3 is 2.43 bits per heavy atom. The molecule has 0 amide bonds. The minimum absolute atomic E-state index is 0.110. The number of alkyl halides is 3. The van der Waals surface area contributed by atoms with Crippen LogP contribution in [0.4, 0.5) is 17.6 Å². The smallest absolute Gasteiger partial charge is 0.416 e. The van der Waals surface area contributed by atoms with Gasteiger partial charge >= 0.3 is 12.1 Å². The molecule has 1 atom stereocenters. The fourth-order valence-corrected chi connectivity index (χ4v) is 4.19. The summed E-state index contributed by atoms with van der Waals surface area (Å²) >= 11 is 1.57. The summed E-state index contributed by atoms with van der Waals surface area (Å²) < 4.78 is 69.0. The van der Waals surface area contributed by atoms with E-state index in [-0.39, 0.29) is 35.7 Å². The van der Waals surface area contributed by atoms with Gasteiger partial charge in [-0.25, -0.2) is 4.39 Å². The van der Waals surface area contributed by atoms with Gasteiger partial charge in [-0.1, -0.05) is 12.1 Å². The van der Waals surface area contributed by atoms with Crippen molar-refractivity contribution in [2.45, 2.75) is 36.9 Å². The third kappa shape index (κ3) is 8.20. The molecule has 0 saturated carbocycles. The van der Waals surface area contributed by atoms with Gasteiger partial charge in [0.15, 0.2) is 11.5 Å². The van der Waals surface area contributed by atoms with Crippen molar-refractivity contribution < 1.29 is 36.6 Å². The van der Waals surface area contributed by atoms with Gasteiger partial charge in [0.05, 0.1) is 25.2 Å². The van der Waals surface area contributed by atoms with Crippen LogP contribution >= 0.6 is 11.8 Å². The van der Waals surface area contributed by atoms with E-state index in [1.54, 1.807) is 11.8 Å². The normalized spacial score (nSPS) is 12.2. The molecule has 3 rings (SSSR count). The molecule has 9 heteroatoms. The Kier molecular flexibility index (Phi) is 9.03. The van der Waals surface area contributed by atoms with Crippen molar-refractivity contribution in [2.24, 2.45) is 0 Å². The molecular formula is C26H24F4O4S. The van der Waals surface area contributed by atoms with Crippen LogP contribution in [-0.4, -0.2) is 24.9 Å². The van der Waals surface area contributed by atoms with Crippen molar-refractivity contribution in [3.8, 4) is 17.2 Å². The van der Waals surface area contributed by atoms with Crippen molar-refractivity contribution in [1.82, 2.24) is 0 Å². The molecule has 35 heavy (non-hydrogen) atoms. The number of methoxy groups -OCH3 is 1. The molecule has 3 aromatic carbocycles. The molecule has 186 valence electrons. The van der Waals surface area contributed by atoms with Gasteiger partial charge in [-0.05, 0) is 73.5 Å². The maximum atomic E-state index is 13.2. The highest BCUT2D eigenvalue weighted by Crippen LogP contribution is 2.39. The Bertz CT molecular complexity index is 1130. The van der Waals surface area contributed by atoms with Crippen LogP contribution in [-0.2, 0) is 22.1 Å². The Hall–Kier alpha value is -3.20. The van der Waals surface area contributed by atoms with Crippen LogP contribution in [0.2, 0.25) is 0 Å². The SMILES string of the molecule is COC(=O)Cc1cccc(SCC[C@H](C)Oc2ccc(C(F)(F)F)cc2Oc2ccc(F)cc2)c1. The summed E-state index contributed by atoms with van der Waals surface area (Å²) in [5, 5.41) is 0. The number of esters is 1. The zero-order valence-corrected chi connectivity index (χ0v) is 19.9. The van der Waals surface area contributed by atoms with Crippen molar-refractivity contribution in [2.75, 3.05) is 12.9 Å². The Labute approximate surface area is 205 Å². The molecular weight excluding hydrogens is 484 g/mol.